The number of amides is 1. The quantitative estimate of drug-likeness (QED) is 0.600. The van der Waals surface area contributed by atoms with E-state index in [1.54, 1.807) is 35.4 Å². The molecule has 0 aliphatic carbocycles. The first-order valence-electron chi connectivity index (χ1n) is 8.79. The number of carbonyl (C=O) groups is 1. The SMILES string of the molecule is CC(=S)NC[C@H]1CN(c2ccc(-c3csc(Cn4cncn4)n3)c(F)c2)C(=O)O1. The van der Waals surface area contributed by atoms with Gasteiger partial charge in [0.1, 0.15) is 29.6 Å². The Kier molecular flexibility index (Phi) is 5.49. The van der Waals surface area contributed by atoms with E-state index in [1.165, 1.54) is 28.6 Å². The fourth-order valence-electron chi connectivity index (χ4n) is 2.94. The molecule has 4 rings (SSSR count). The summed E-state index contributed by atoms with van der Waals surface area (Å²) in [7, 11) is 0. The minimum Gasteiger partial charge on any atom is -0.442 e. The van der Waals surface area contributed by atoms with Gasteiger partial charge in [-0.25, -0.2) is 23.8 Å². The second-order valence-corrected chi connectivity index (χ2v) is 7.99. The zero-order valence-corrected chi connectivity index (χ0v) is 17.0. The highest BCUT2D eigenvalue weighted by Gasteiger charge is 2.32. The number of hydrogen-bond acceptors (Lipinski definition) is 7. The number of nitrogens with zero attached hydrogens (tertiary/aromatic N) is 5. The number of benzene rings is 1. The van der Waals surface area contributed by atoms with Crippen molar-refractivity contribution in [3.05, 3.63) is 47.1 Å². The highest BCUT2D eigenvalue weighted by Crippen LogP contribution is 2.30. The minimum absolute atomic E-state index is 0.325. The highest BCUT2D eigenvalue weighted by molar-refractivity contribution is 7.80. The van der Waals surface area contributed by atoms with Gasteiger partial charge in [-0.05, 0) is 25.1 Å². The van der Waals surface area contributed by atoms with Crippen LogP contribution in [0.5, 0.6) is 0 Å². The van der Waals surface area contributed by atoms with Crippen LogP contribution < -0.4 is 10.2 Å². The molecule has 1 atom stereocenters. The van der Waals surface area contributed by atoms with Crippen molar-refractivity contribution in [2.24, 2.45) is 0 Å². The highest BCUT2D eigenvalue weighted by atomic mass is 32.1. The van der Waals surface area contributed by atoms with Gasteiger partial charge in [0.25, 0.3) is 0 Å². The molecule has 1 amide bonds. The lowest BCUT2D eigenvalue weighted by Crippen LogP contribution is -2.32. The van der Waals surface area contributed by atoms with E-state index in [0.717, 1.165) is 5.01 Å². The number of cyclic esters (lactones) is 1. The summed E-state index contributed by atoms with van der Waals surface area (Å²) in [6, 6.07) is 4.64. The summed E-state index contributed by atoms with van der Waals surface area (Å²) in [6.07, 6.45) is 2.20. The molecule has 8 nitrogen and oxygen atoms in total. The Balaban J connectivity index is 1.48. The average molecular weight is 433 g/mol. The maximum absolute atomic E-state index is 14.8. The van der Waals surface area contributed by atoms with E-state index in [9.17, 15) is 9.18 Å². The second-order valence-electron chi connectivity index (χ2n) is 6.44. The van der Waals surface area contributed by atoms with Crippen LogP contribution >= 0.6 is 23.6 Å². The normalized spacial score (nSPS) is 16.1. The number of hydrogen-bond donors (Lipinski definition) is 1. The number of aromatic nitrogens is 4. The van der Waals surface area contributed by atoms with Crippen molar-refractivity contribution < 1.29 is 13.9 Å². The maximum Gasteiger partial charge on any atom is 0.414 e. The Morgan fingerprint density at radius 1 is 1.48 bits per heavy atom. The molecule has 1 fully saturated rings. The predicted octanol–water partition coefficient (Wildman–Crippen LogP) is 2.85. The molecule has 1 N–H and O–H groups in total. The zero-order chi connectivity index (χ0) is 20.4. The fourth-order valence-corrected chi connectivity index (χ4v) is 3.80. The van der Waals surface area contributed by atoms with Crippen molar-refractivity contribution in [2.75, 3.05) is 18.0 Å². The molecule has 0 saturated carbocycles. The second kappa shape index (κ2) is 8.21. The van der Waals surface area contributed by atoms with Gasteiger partial charge in [0, 0.05) is 10.9 Å². The topological polar surface area (TPSA) is 85.2 Å². The van der Waals surface area contributed by atoms with E-state index in [2.05, 4.69) is 20.4 Å². The Morgan fingerprint density at radius 2 is 2.34 bits per heavy atom. The van der Waals surface area contributed by atoms with Crippen LogP contribution in [0.15, 0.2) is 36.2 Å². The van der Waals surface area contributed by atoms with Crippen LogP contribution in [-0.2, 0) is 11.3 Å². The Labute approximate surface area is 175 Å². The first-order valence-corrected chi connectivity index (χ1v) is 10.1. The van der Waals surface area contributed by atoms with E-state index < -0.39 is 11.9 Å². The Bertz CT molecular complexity index is 1040. The van der Waals surface area contributed by atoms with Crippen molar-refractivity contribution in [1.82, 2.24) is 25.1 Å². The van der Waals surface area contributed by atoms with Gasteiger partial charge in [0.05, 0.1) is 36.0 Å². The van der Waals surface area contributed by atoms with E-state index in [-0.39, 0.29) is 6.10 Å². The van der Waals surface area contributed by atoms with Crippen LogP contribution in [0.4, 0.5) is 14.9 Å². The van der Waals surface area contributed by atoms with Gasteiger partial charge >= 0.3 is 6.09 Å². The largest absolute Gasteiger partial charge is 0.442 e. The third kappa shape index (κ3) is 4.40. The summed E-state index contributed by atoms with van der Waals surface area (Å²) in [5.74, 6) is -0.454. The van der Waals surface area contributed by atoms with Crippen LogP contribution in [0.25, 0.3) is 11.3 Å². The molecule has 3 heterocycles. The molecule has 3 aromatic rings. The monoisotopic (exact) mass is 432 g/mol. The molecule has 0 radical (unpaired) electrons. The van der Waals surface area contributed by atoms with E-state index in [1.807, 2.05) is 0 Å². The van der Waals surface area contributed by atoms with Crippen molar-refractivity contribution in [2.45, 2.75) is 19.6 Å². The van der Waals surface area contributed by atoms with Crippen LogP contribution in [0, 0.1) is 5.82 Å². The van der Waals surface area contributed by atoms with Crippen LogP contribution in [0.3, 0.4) is 0 Å². The van der Waals surface area contributed by atoms with Gasteiger partial charge in [0.15, 0.2) is 0 Å². The molecule has 150 valence electrons. The van der Waals surface area contributed by atoms with Crippen LogP contribution in [0.1, 0.15) is 11.9 Å². The molecule has 29 heavy (non-hydrogen) atoms. The molecule has 1 saturated heterocycles. The summed E-state index contributed by atoms with van der Waals surface area (Å²) < 4.78 is 21.7. The third-order valence-electron chi connectivity index (χ3n) is 4.31. The van der Waals surface area contributed by atoms with E-state index in [4.69, 9.17) is 17.0 Å². The average Bonchev–Trinajstić information content (AvgIpc) is 3.42. The predicted molar refractivity (Wildman–Crippen MR) is 111 cm³/mol. The molecule has 0 bridgehead atoms. The number of thiazole rings is 1. The van der Waals surface area contributed by atoms with Crippen LogP contribution in [-0.4, -0.2) is 50.0 Å². The molecule has 1 aromatic carbocycles. The van der Waals surface area contributed by atoms with Gasteiger partial charge < -0.3 is 10.1 Å². The Morgan fingerprint density at radius 3 is 3.07 bits per heavy atom. The number of ether oxygens (including phenoxy) is 1. The maximum atomic E-state index is 14.8. The summed E-state index contributed by atoms with van der Waals surface area (Å²) in [6.45, 7) is 2.98. The molecular formula is C18H17FN6O2S2. The van der Waals surface area contributed by atoms with Gasteiger partial charge in [-0.3, -0.25) is 4.90 Å². The van der Waals surface area contributed by atoms with Gasteiger partial charge in [-0.15, -0.1) is 11.3 Å². The summed E-state index contributed by atoms with van der Waals surface area (Å²) in [5.41, 5.74) is 1.35. The lowest BCUT2D eigenvalue weighted by atomic mass is 10.1. The number of carbonyl (C=O) groups excluding carboxylic acids is 1. The summed E-state index contributed by atoms with van der Waals surface area (Å²) in [4.78, 5) is 22.6. The molecule has 0 unspecified atom stereocenters. The first-order chi connectivity index (χ1) is 14.0. The Hall–Kier alpha value is -2.92. The molecular weight excluding hydrogens is 415 g/mol. The van der Waals surface area contributed by atoms with E-state index in [0.29, 0.717) is 41.6 Å². The lowest BCUT2D eigenvalue weighted by molar-refractivity contribution is 0.143. The fraction of sp³-hybridized carbons (Fsp3) is 0.278. The molecule has 2 aromatic heterocycles. The number of thiocarbonyl (C=S) groups is 1. The molecule has 1 aliphatic rings. The lowest BCUT2D eigenvalue weighted by Gasteiger charge is -2.14. The first kappa shape index (κ1) is 19.4. The van der Waals surface area contributed by atoms with Gasteiger partial charge in [-0.1, -0.05) is 12.2 Å². The molecule has 1 aliphatic heterocycles. The zero-order valence-electron chi connectivity index (χ0n) is 15.4. The standard InChI is InChI=1S/C18H17FN6O2S2/c1-11(28)21-5-13-6-25(18(26)27-13)12-2-3-14(15(19)4-12)16-8-29-17(23-16)7-24-10-20-9-22-24/h2-4,8-10,13H,5-7H2,1H3,(H,21,28)/t13-/m0/s1. The van der Waals surface area contributed by atoms with Crippen molar-refractivity contribution in [1.29, 1.82) is 0 Å². The number of halogens is 1. The van der Waals surface area contributed by atoms with E-state index >= 15 is 0 Å². The summed E-state index contributed by atoms with van der Waals surface area (Å²) >= 11 is 6.39. The smallest absolute Gasteiger partial charge is 0.414 e. The third-order valence-corrected chi connectivity index (χ3v) is 5.29. The van der Waals surface area contributed by atoms with Gasteiger partial charge in [-0.2, -0.15) is 5.10 Å². The van der Waals surface area contributed by atoms with Crippen molar-refractivity contribution in [3.8, 4) is 11.3 Å². The van der Waals surface area contributed by atoms with Crippen molar-refractivity contribution in [3.63, 3.8) is 0 Å². The van der Waals surface area contributed by atoms with Gasteiger partial charge in [0.2, 0.25) is 0 Å². The van der Waals surface area contributed by atoms with Crippen molar-refractivity contribution >= 4 is 40.3 Å². The minimum atomic E-state index is -0.505. The number of nitrogens with one attached hydrogen (secondary N) is 1. The summed E-state index contributed by atoms with van der Waals surface area (Å²) in [5, 5.41) is 9.60. The number of rotatable bonds is 6. The molecule has 0 spiro atoms. The molecule has 11 heteroatoms. The van der Waals surface area contributed by atoms with Crippen LogP contribution in [0.2, 0.25) is 0 Å². The number of anilines is 1.